The van der Waals surface area contributed by atoms with Crippen molar-refractivity contribution >= 4 is 12.1 Å². The van der Waals surface area contributed by atoms with Crippen molar-refractivity contribution < 1.29 is 19.8 Å². The van der Waals surface area contributed by atoms with Crippen LogP contribution in [-0.2, 0) is 11.3 Å². The summed E-state index contributed by atoms with van der Waals surface area (Å²) in [6.07, 6.45) is 1.03. The van der Waals surface area contributed by atoms with Crippen LogP contribution >= 0.6 is 0 Å². The van der Waals surface area contributed by atoms with Gasteiger partial charge in [0.25, 0.3) is 0 Å². The molecule has 0 bridgehead atoms. The molecule has 3 rings (SSSR count). The van der Waals surface area contributed by atoms with Crippen molar-refractivity contribution in [3.8, 4) is 0 Å². The van der Waals surface area contributed by atoms with Crippen molar-refractivity contribution in [2.45, 2.75) is 25.0 Å². The molecule has 2 aliphatic heterocycles. The van der Waals surface area contributed by atoms with E-state index in [9.17, 15) is 19.8 Å². The Morgan fingerprint density at radius 3 is 2.57 bits per heavy atom. The number of fused-ring (bicyclic) bond motifs is 1. The summed E-state index contributed by atoms with van der Waals surface area (Å²) >= 11 is 0. The van der Waals surface area contributed by atoms with E-state index in [1.807, 2.05) is 30.3 Å². The van der Waals surface area contributed by atoms with Crippen LogP contribution in [0.4, 0.5) is 4.79 Å². The molecule has 2 fully saturated rings. The molecule has 2 saturated heterocycles. The number of allylic oxidation sites excluding steroid dienone is 1. The highest BCUT2D eigenvalue weighted by Crippen LogP contribution is 2.51. The zero-order valence-corrected chi connectivity index (χ0v) is 12.8. The van der Waals surface area contributed by atoms with Crippen LogP contribution in [0.5, 0.6) is 0 Å². The molecule has 2 N–H and O–H groups in total. The zero-order valence-electron chi connectivity index (χ0n) is 12.8. The Balaban J connectivity index is 1.86. The topological polar surface area (TPSA) is 81.1 Å². The van der Waals surface area contributed by atoms with Crippen LogP contribution in [-0.4, -0.2) is 57.2 Å². The summed E-state index contributed by atoms with van der Waals surface area (Å²) in [7, 11) is 0. The van der Waals surface area contributed by atoms with Gasteiger partial charge in [-0.2, -0.15) is 0 Å². The second-order valence-electron chi connectivity index (χ2n) is 6.31. The van der Waals surface area contributed by atoms with Gasteiger partial charge in [0, 0.05) is 31.1 Å². The van der Waals surface area contributed by atoms with Crippen LogP contribution in [0, 0.1) is 5.41 Å². The summed E-state index contributed by atoms with van der Waals surface area (Å²) in [5.41, 5.74) is 0.571. The zero-order chi connectivity index (χ0) is 16.6. The van der Waals surface area contributed by atoms with Crippen LogP contribution in [0.3, 0.4) is 0 Å². The van der Waals surface area contributed by atoms with E-state index in [2.05, 4.69) is 11.5 Å². The number of aliphatic carboxylic acids is 1. The number of hydrogen-bond donors (Lipinski definition) is 2. The highest BCUT2D eigenvalue weighted by Gasteiger charge is 2.66. The quantitative estimate of drug-likeness (QED) is 0.811. The lowest BCUT2D eigenvalue weighted by Gasteiger charge is -2.54. The number of carboxylic acid groups (broad SMARTS) is 2. The van der Waals surface area contributed by atoms with Gasteiger partial charge in [0.2, 0.25) is 0 Å². The van der Waals surface area contributed by atoms with Crippen molar-refractivity contribution in [1.82, 2.24) is 9.80 Å². The predicted molar refractivity (Wildman–Crippen MR) is 84.0 cm³/mol. The minimum absolute atomic E-state index is 0.0853. The molecule has 0 aromatic heterocycles. The number of hydrogen-bond acceptors (Lipinski definition) is 3. The maximum Gasteiger partial charge on any atom is 0.408 e. The third-order valence-corrected chi connectivity index (χ3v) is 5.06. The van der Waals surface area contributed by atoms with Crippen LogP contribution in [0.25, 0.3) is 0 Å². The number of nitrogens with zero attached hydrogens (tertiary/aromatic N) is 2. The van der Waals surface area contributed by atoms with Crippen LogP contribution in [0.15, 0.2) is 43.0 Å². The third-order valence-electron chi connectivity index (χ3n) is 5.06. The van der Waals surface area contributed by atoms with Gasteiger partial charge < -0.3 is 10.2 Å². The maximum absolute atomic E-state index is 11.7. The Morgan fingerprint density at radius 2 is 2.00 bits per heavy atom. The molecular formula is C17H20N2O4. The van der Waals surface area contributed by atoms with E-state index in [0.29, 0.717) is 19.5 Å². The van der Waals surface area contributed by atoms with E-state index >= 15 is 0 Å². The van der Waals surface area contributed by atoms with E-state index in [4.69, 9.17) is 0 Å². The molecule has 3 atom stereocenters. The van der Waals surface area contributed by atoms with E-state index in [1.54, 1.807) is 6.08 Å². The third kappa shape index (κ3) is 2.39. The summed E-state index contributed by atoms with van der Waals surface area (Å²) in [6, 6.07) is 8.82. The molecule has 1 amide bonds. The molecular weight excluding hydrogens is 296 g/mol. The van der Waals surface area contributed by atoms with Gasteiger partial charge in [-0.1, -0.05) is 36.4 Å². The molecule has 6 heteroatoms. The molecule has 0 saturated carbocycles. The first kappa shape index (κ1) is 15.6. The summed E-state index contributed by atoms with van der Waals surface area (Å²) < 4.78 is 0. The molecule has 1 aromatic carbocycles. The highest BCUT2D eigenvalue weighted by atomic mass is 16.4. The molecule has 0 radical (unpaired) electrons. The van der Waals surface area contributed by atoms with Gasteiger partial charge in [-0.15, -0.1) is 6.58 Å². The summed E-state index contributed by atoms with van der Waals surface area (Å²) in [6.45, 7) is 5.23. The van der Waals surface area contributed by atoms with Gasteiger partial charge in [0.05, 0.1) is 0 Å². The van der Waals surface area contributed by atoms with Crippen molar-refractivity contribution in [2.24, 2.45) is 5.41 Å². The number of amides is 1. The Morgan fingerprint density at radius 1 is 1.30 bits per heavy atom. The average Bonchev–Trinajstić information content (AvgIpc) is 2.76. The van der Waals surface area contributed by atoms with Gasteiger partial charge in [0.1, 0.15) is 6.04 Å². The predicted octanol–water partition coefficient (Wildman–Crippen LogP) is 1.88. The first-order valence-electron chi connectivity index (χ1n) is 7.61. The van der Waals surface area contributed by atoms with Gasteiger partial charge in [-0.25, -0.2) is 9.59 Å². The molecule has 6 nitrogen and oxygen atoms in total. The van der Waals surface area contributed by atoms with E-state index < -0.39 is 23.5 Å². The Bertz CT molecular complexity index is 633. The lowest BCUT2D eigenvalue weighted by molar-refractivity contribution is -0.151. The fourth-order valence-corrected chi connectivity index (χ4v) is 4.15. The smallest absolute Gasteiger partial charge is 0.408 e. The van der Waals surface area contributed by atoms with Gasteiger partial charge in [-0.05, 0) is 12.0 Å². The van der Waals surface area contributed by atoms with Gasteiger partial charge in [0.15, 0.2) is 0 Å². The SMILES string of the molecule is C=CC[C@]12CN(Cc3ccccc3)[C@H]1CN(C(=O)O)[C@@H]2C(=O)O. The first-order chi connectivity index (χ1) is 11.0. The molecule has 0 unspecified atom stereocenters. The lowest BCUT2D eigenvalue weighted by Crippen LogP contribution is -2.66. The van der Waals surface area contributed by atoms with E-state index in [0.717, 1.165) is 10.5 Å². The Kier molecular flexibility index (Phi) is 3.85. The summed E-state index contributed by atoms with van der Waals surface area (Å²) in [5.74, 6) is -1.07. The summed E-state index contributed by atoms with van der Waals surface area (Å²) in [5, 5.41) is 18.9. The number of carbonyl (C=O) groups is 2. The molecule has 2 heterocycles. The second kappa shape index (κ2) is 5.70. The van der Waals surface area contributed by atoms with Crippen molar-refractivity contribution in [3.05, 3.63) is 48.6 Å². The highest BCUT2D eigenvalue weighted by molar-refractivity contribution is 5.82. The van der Waals surface area contributed by atoms with Crippen molar-refractivity contribution in [2.75, 3.05) is 13.1 Å². The normalized spacial score (nSPS) is 29.7. The molecule has 23 heavy (non-hydrogen) atoms. The van der Waals surface area contributed by atoms with Crippen LogP contribution in [0.2, 0.25) is 0 Å². The fourth-order valence-electron chi connectivity index (χ4n) is 4.15. The van der Waals surface area contributed by atoms with E-state index in [1.165, 1.54) is 0 Å². The first-order valence-corrected chi connectivity index (χ1v) is 7.61. The van der Waals surface area contributed by atoms with Crippen LogP contribution < -0.4 is 0 Å². The van der Waals surface area contributed by atoms with E-state index in [-0.39, 0.29) is 12.6 Å². The Hall–Kier alpha value is -2.34. The second-order valence-corrected chi connectivity index (χ2v) is 6.31. The van der Waals surface area contributed by atoms with Gasteiger partial charge in [-0.3, -0.25) is 9.80 Å². The summed E-state index contributed by atoms with van der Waals surface area (Å²) in [4.78, 5) is 26.4. The number of likely N-dealkylation sites (tertiary alicyclic amines) is 2. The molecule has 122 valence electrons. The molecule has 0 aliphatic carbocycles. The maximum atomic E-state index is 11.7. The standard InChI is InChI=1S/C17H20N2O4/c1-2-8-17-11-18(9-12-6-4-3-5-7-12)13(17)10-19(16(22)23)14(17)15(20)21/h2-7,13-14H,1,8-11H2,(H,20,21)(H,22,23)/t13-,14+,17-/m0/s1. The number of carboxylic acids is 1. The minimum atomic E-state index is -1.17. The Labute approximate surface area is 134 Å². The minimum Gasteiger partial charge on any atom is -0.480 e. The number of benzene rings is 1. The van der Waals surface area contributed by atoms with Crippen molar-refractivity contribution in [1.29, 1.82) is 0 Å². The molecule has 0 spiro atoms. The number of rotatable bonds is 5. The van der Waals surface area contributed by atoms with Crippen LogP contribution in [0.1, 0.15) is 12.0 Å². The average molecular weight is 316 g/mol. The monoisotopic (exact) mass is 316 g/mol. The molecule has 1 aromatic rings. The van der Waals surface area contributed by atoms with Crippen molar-refractivity contribution in [3.63, 3.8) is 0 Å². The molecule has 2 aliphatic rings. The largest absolute Gasteiger partial charge is 0.480 e. The van der Waals surface area contributed by atoms with Gasteiger partial charge >= 0.3 is 12.1 Å². The fraction of sp³-hybridized carbons (Fsp3) is 0.412. The lowest BCUT2D eigenvalue weighted by atomic mass is 9.66.